The summed E-state index contributed by atoms with van der Waals surface area (Å²) in [6, 6.07) is 0. The van der Waals surface area contributed by atoms with E-state index in [4.69, 9.17) is 14.2 Å². The highest BCUT2D eigenvalue weighted by Crippen LogP contribution is 2.20. The summed E-state index contributed by atoms with van der Waals surface area (Å²) < 4.78 is 17.0. The largest absolute Gasteiger partial charge is 0.462 e. The lowest BCUT2D eigenvalue weighted by Crippen LogP contribution is -2.30. The fraction of sp³-hybridized carbons (Fsp3) is 0.883. The fourth-order valence-corrected chi connectivity index (χ4v) is 11.6. The molecule has 0 aromatic carbocycles. The van der Waals surface area contributed by atoms with Crippen molar-refractivity contribution in [3.05, 3.63) is 36.5 Å². The molecule has 0 aliphatic carbocycles. The van der Waals surface area contributed by atoms with Crippen LogP contribution in [-0.2, 0) is 28.6 Å². The van der Waals surface area contributed by atoms with E-state index in [1.54, 1.807) is 0 Å². The van der Waals surface area contributed by atoms with Gasteiger partial charge < -0.3 is 14.2 Å². The number of unbranched alkanes of at least 4 members (excludes halogenated alkanes) is 53. The molecule has 1 atom stereocenters. The predicted octanol–water partition coefficient (Wildman–Crippen LogP) is 25.9. The first-order valence-electron chi connectivity index (χ1n) is 37.5. The Kier molecular flexibility index (Phi) is 70.0. The number of allylic oxidation sites excluding steroid dienone is 6. The van der Waals surface area contributed by atoms with E-state index >= 15 is 0 Å². The van der Waals surface area contributed by atoms with E-state index in [9.17, 15) is 14.4 Å². The molecule has 488 valence electrons. The minimum absolute atomic E-state index is 0.0756. The SMILES string of the molecule is CC/C=C\C/C=C\C/C=C\CCCCCC(=O)OCC(COC(=O)CCCCCCCCCCCCCCCCCCCCCCCCCCCCCCCC)OC(=O)CCCCCCCCCCCCCCCCCCCCCCCC. The second kappa shape index (κ2) is 72.1. The van der Waals surface area contributed by atoms with Crippen LogP contribution in [0.2, 0.25) is 0 Å². The van der Waals surface area contributed by atoms with Gasteiger partial charge in [0.25, 0.3) is 0 Å². The molecule has 0 saturated carbocycles. The number of rotatable bonds is 70. The third-order valence-electron chi connectivity index (χ3n) is 17.2. The topological polar surface area (TPSA) is 78.9 Å². The molecular formula is C77H144O6. The van der Waals surface area contributed by atoms with E-state index in [2.05, 4.69) is 57.2 Å². The maximum Gasteiger partial charge on any atom is 0.306 e. The minimum atomic E-state index is -0.782. The van der Waals surface area contributed by atoms with Crippen LogP contribution in [0, 0.1) is 0 Å². The molecule has 0 aliphatic heterocycles. The van der Waals surface area contributed by atoms with Crippen LogP contribution in [0.1, 0.15) is 419 Å². The predicted molar refractivity (Wildman–Crippen MR) is 362 cm³/mol. The monoisotopic (exact) mass is 1170 g/mol. The summed E-state index contributed by atoms with van der Waals surface area (Å²) in [6.45, 7) is 6.59. The zero-order valence-corrected chi connectivity index (χ0v) is 56.2. The van der Waals surface area contributed by atoms with Crippen LogP contribution in [0.4, 0.5) is 0 Å². The van der Waals surface area contributed by atoms with Crippen molar-refractivity contribution in [3.8, 4) is 0 Å². The summed E-state index contributed by atoms with van der Waals surface area (Å²) >= 11 is 0. The lowest BCUT2D eigenvalue weighted by molar-refractivity contribution is -0.167. The van der Waals surface area contributed by atoms with Gasteiger partial charge in [0, 0.05) is 19.3 Å². The molecule has 0 aromatic heterocycles. The van der Waals surface area contributed by atoms with Crippen molar-refractivity contribution in [2.24, 2.45) is 0 Å². The summed E-state index contributed by atoms with van der Waals surface area (Å²) in [4.78, 5) is 38.4. The summed E-state index contributed by atoms with van der Waals surface area (Å²) in [6.07, 6.45) is 90.7. The zero-order valence-electron chi connectivity index (χ0n) is 56.2. The van der Waals surface area contributed by atoms with Gasteiger partial charge in [-0.3, -0.25) is 14.4 Å². The quantitative estimate of drug-likeness (QED) is 0.0261. The van der Waals surface area contributed by atoms with Gasteiger partial charge in [-0.15, -0.1) is 0 Å². The van der Waals surface area contributed by atoms with E-state index in [0.717, 1.165) is 83.5 Å². The molecule has 0 fully saturated rings. The molecule has 1 unspecified atom stereocenters. The van der Waals surface area contributed by atoms with Crippen molar-refractivity contribution in [3.63, 3.8) is 0 Å². The average molecular weight is 1170 g/mol. The van der Waals surface area contributed by atoms with Crippen molar-refractivity contribution in [1.29, 1.82) is 0 Å². The average Bonchev–Trinajstić information content (AvgIpc) is 3.49. The molecule has 0 rings (SSSR count). The Morgan fingerprint density at radius 3 is 0.735 bits per heavy atom. The first-order chi connectivity index (χ1) is 41.0. The van der Waals surface area contributed by atoms with Crippen LogP contribution in [0.5, 0.6) is 0 Å². The summed E-state index contributed by atoms with van der Waals surface area (Å²) in [7, 11) is 0. The lowest BCUT2D eigenvalue weighted by Gasteiger charge is -2.18. The molecule has 0 aliphatic rings. The van der Waals surface area contributed by atoms with Gasteiger partial charge in [0.15, 0.2) is 6.10 Å². The van der Waals surface area contributed by atoms with Gasteiger partial charge in [-0.05, 0) is 51.4 Å². The van der Waals surface area contributed by atoms with Gasteiger partial charge in [-0.1, -0.05) is 385 Å². The van der Waals surface area contributed by atoms with E-state index in [-0.39, 0.29) is 31.1 Å². The van der Waals surface area contributed by atoms with Gasteiger partial charge in [0.05, 0.1) is 0 Å². The van der Waals surface area contributed by atoms with Crippen LogP contribution in [0.15, 0.2) is 36.5 Å². The molecule has 0 bridgehead atoms. The van der Waals surface area contributed by atoms with E-state index in [1.807, 2.05) is 0 Å². The Balaban J connectivity index is 4.16. The Morgan fingerprint density at radius 1 is 0.253 bits per heavy atom. The van der Waals surface area contributed by atoms with Crippen molar-refractivity contribution in [1.82, 2.24) is 0 Å². The molecule has 0 spiro atoms. The molecule has 6 heteroatoms. The number of hydrogen-bond acceptors (Lipinski definition) is 6. The van der Waals surface area contributed by atoms with E-state index in [0.29, 0.717) is 19.3 Å². The molecule has 0 amide bonds. The normalized spacial score (nSPS) is 12.2. The Hall–Kier alpha value is -2.37. The van der Waals surface area contributed by atoms with Crippen molar-refractivity contribution in [2.45, 2.75) is 425 Å². The standard InChI is InChI=1S/C77H144O6/c1-4-7-10-13-16-19-22-25-27-29-31-33-35-36-37-38-39-40-41-42-44-45-47-49-52-55-58-61-64-67-70-76(79)82-73-74(72-81-75(78)69-66-63-60-57-54-51-24-21-18-15-12-9-6-3)83-77(80)71-68-65-62-59-56-53-50-48-46-43-34-32-30-28-26-23-20-17-14-11-8-5-2/h9,12,18,21,51,54,74H,4-8,10-11,13-17,19-20,22-50,52-53,55-73H2,1-3H3/b12-9-,21-18-,54-51-. The lowest BCUT2D eigenvalue weighted by atomic mass is 10.0. The maximum atomic E-state index is 13.0. The van der Waals surface area contributed by atoms with E-state index in [1.165, 1.54) is 295 Å². The minimum Gasteiger partial charge on any atom is -0.462 e. The highest BCUT2D eigenvalue weighted by molar-refractivity contribution is 5.71. The molecule has 0 heterocycles. The third kappa shape index (κ3) is 70.3. The molecule has 0 N–H and O–H groups in total. The van der Waals surface area contributed by atoms with Crippen molar-refractivity contribution < 1.29 is 28.6 Å². The van der Waals surface area contributed by atoms with Gasteiger partial charge in [0.2, 0.25) is 0 Å². The Morgan fingerprint density at radius 2 is 0.470 bits per heavy atom. The molecule has 6 nitrogen and oxygen atoms in total. The van der Waals surface area contributed by atoms with Gasteiger partial charge >= 0.3 is 17.9 Å². The number of esters is 3. The van der Waals surface area contributed by atoms with Gasteiger partial charge in [-0.2, -0.15) is 0 Å². The van der Waals surface area contributed by atoms with Crippen LogP contribution in [0.3, 0.4) is 0 Å². The number of carbonyl (C=O) groups excluding carboxylic acids is 3. The first-order valence-corrected chi connectivity index (χ1v) is 37.5. The highest BCUT2D eigenvalue weighted by atomic mass is 16.6. The third-order valence-corrected chi connectivity index (χ3v) is 17.2. The van der Waals surface area contributed by atoms with Gasteiger partial charge in [-0.25, -0.2) is 0 Å². The fourth-order valence-electron chi connectivity index (χ4n) is 11.6. The molecule has 83 heavy (non-hydrogen) atoms. The second-order valence-corrected chi connectivity index (χ2v) is 25.5. The second-order valence-electron chi connectivity index (χ2n) is 25.5. The molecular weight excluding hydrogens is 1020 g/mol. The summed E-state index contributed by atoms with van der Waals surface area (Å²) in [5.41, 5.74) is 0. The number of hydrogen-bond donors (Lipinski definition) is 0. The smallest absolute Gasteiger partial charge is 0.306 e. The van der Waals surface area contributed by atoms with Crippen molar-refractivity contribution >= 4 is 17.9 Å². The number of ether oxygens (including phenoxy) is 3. The Bertz CT molecular complexity index is 1380. The van der Waals surface area contributed by atoms with Gasteiger partial charge in [0.1, 0.15) is 13.2 Å². The Labute approximate surface area is 518 Å². The van der Waals surface area contributed by atoms with Crippen LogP contribution >= 0.6 is 0 Å². The van der Waals surface area contributed by atoms with Crippen molar-refractivity contribution in [2.75, 3.05) is 13.2 Å². The van der Waals surface area contributed by atoms with Crippen LogP contribution in [-0.4, -0.2) is 37.2 Å². The molecule has 0 aromatic rings. The summed E-state index contributed by atoms with van der Waals surface area (Å²) in [5.74, 6) is -0.875. The first kappa shape index (κ1) is 80.6. The summed E-state index contributed by atoms with van der Waals surface area (Å²) in [5, 5.41) is 0. The molecule has 0 radical (unpaired) electrons. The van der Waals surface area contributed by atoms with Crippen LogP contribution in [0.25, 0.3) is 0 Å². The highest BCUT2D eigenvalue weighted by Gasteiger charge is 2.20. The zero-order chi connectivity index (χ0) is 59.9. The van der Waals surface area contributed by atoms with Crippen LogP contribution < -0.4 is 0 Å². The molecule has 0 saturated heterocycles. The maximum absolute atomic E-state index is 13.0. The number of carbonyl (C=O) groups is 3. The van der Waals surface area contributed by atoms with E-state index < -0.39 is 6.10 Å².